The van der Waals surface area contributed by atoms with Gasteiger partial charge in [-0.25, -0.2) is 0 Å². The lowest BCUT2D eigenvalue weighted by atomic mass is 9.89. The molecule has 1 heteroatoms. The van der Waals surface area contributed by atoms with E-state index < -0.39 is 0 Å². The van der Waals surface area contributed by atoms with Gasteiger partial charge in [0.2, 0.25) is 0 Å². The minimum absolute atomic E-state index is 0.148. The summed E-state index contributed by atoms with van der Waals surface area (Å²) in [7, 11) is 0. The normalized spacial score (nSPS) is 31.5. The van der Waals surface area contributed by atoms with E-state index in [0.717, 1.165) is 18.4 Å². The number of hydrogen-bond donors (Lipinski definition) is 0. The molecule has 1 saturated heterocycles. The van der Waals surface area contributed by atoms with Crippen molar-refractivity contribution in [3.8, 4) is 0 Å². The van der Waals surface area contributed by atoms with Crippen LogP contribution in [0, 0.1) is 11.8 Å². The third kappa shape index (κ3) is 1.72. The maximum atomic E-state index is 5.61. The van der Waals surface area contributed by atoms with Crippen molar-refractivity contribution in [1.82, 2.24) is 0 Å². The van der Waals surface area contributed by atoms with E-state index >= 15 is 0 Å². The molecule has 0 unspecified atom stereocenters. The van der Waals surface area contributed by atoms with Crippen LogP contribution < -0.4 is 0 Å². The molecule has 10 heavy (non-hydrogen) atoms. The van der Waals surface area contributed by atoms with Crippen LogP contribution in [0.15, 0.2) is 0 Å². The van der Waals surface area contributed by atoms with Crippen LogP contribution in [0.5, 0.6) is 0 Å². The van der Waals surface area contributed by atoms with Crippen molar-refractivity contribution in [1.29, 1.82) is 0 Å². The molecule has 1 rings (SSSR count). The highest BCUT2D eigenvalue weighted by atomic mass is 16.5. The number of ether oxygens (including phenoxy) is 1. The van der Waals surface area contributed by atoms with Crippen LogP contribution in [-0.2, 0) is 4.74 Å². The van der Waals surface area contributed by atoms with E-state index in [4.69, 9.17) is 4.74 Å². The molecule has 1 fully saturated rings. The van der Waals surface area contributed by atoms with Crippen LogP contribution in [0.25, 0.3) is 0 Å². The summed E-state index contributed by atoms with van der Waals surface area (Å²) in [6.07, 6.45) is 1.23. The zero-order valence-corrected chi connectivity index (χ0v) is 7.48. The fraction of sp³-hybridized carbons (Fsp3) is 1.00. The second-order valence-electron chi connectivity index (χ2n) is 4.28. The van der Waals surface area contributed by atoms with Gasteiger partial charge in [-0.1, -0.05) is 13.8 Å². The van der Waals surface area contributed by atoms with Crippen molar-refractivity contribution < 1.29 is 4.74 Å². The smallest absolute Gasteiger partial charge is 0.0630 e. The Morgan fingerprint density at radius 1 is 1.40 bits per heavy atom. The van der Waals surface area contributed by atoms with E-state index in [1.165, 1.54) is 6.42 Å². The van der Waals surface area contributed by atoms with Gasteiger partial charge in [0, 0.05) is 0 Å². The molecule has 0 amide bonds. The largest absolute Gasteiger partial charge is 0.375 e. The summed E-state index contributed by atoms with van der Waals surface area (Å²) in [6.45, 7) is 9.86. The molecule has 0 aromatic rings. The van der Waals surface area contributed by atoms with Gasteiger partial charge in [0.25, 0.3) is 0 Å². The van der Waals surface area contributed by atoms with Gasteiger partial charge in [0.1, 0.15) is 0 Å². The lowest BCUT2D eigenvalue weighted by Gasteiger charge is -2.16. The molecule has 1 heterocycles. The van der Waals surface area contributed by atoms with E-state index in [1.54, 1.807) is 0 Å². The maximum Gasteiger partial charge on any atom is 0.0630 e. The molecule has 0 spiro atoms. The van der Waals surface area contributed by atoms with Gasteiger partial charge in [-0.05, 0) is 32.1 Å². The van der Waals surface area contributed by atoms with Crippen LogP contribution in [0.1, 0.15) is 34.1 Å². The summed E-state index contributed by atoms with van der Waals surface area (Å²) < 4.78 is 5.61. The van der Waals surface area contributed by atoms with Gasteiger partial charge in [0.05, 0.1) is 12.2 Å². The summed E-state index contributed by atoms with van der Waals surface area (Å²) in [5, 5.41) is 0. The summed E-state index contributed by atoms with van der Waals surface area (Å²) in [5.41, 5.74) is 0.148. The van der Waals surface area contributed by atoms with Gasteiger partial charge in [-0.2, -0.15) is 0 Å². The highest BCUT2D eigenvalue weighted by Crippen LogP contribution is 2.33. The predicted octanol–water partition coefficient (Wildman–Crippen LogP) is 2.46. The standard InChI is InChI=1S/C9H18O/c1-7(2)8-5-9(3,4)10-6-8/h7-8H,5-6H2,1-4H3/t8-/m1/s1. The lowest BCUT2D eigenvalue weighted by molar-refractivity contribution is 0.0342. The third-order valence-corrected chi connectivity index (χ3v) is 2.38. The quantitative estimate of drug-likeness (QED) is 0.546. The Morgan fingerprint density at radius 3 is 2.20 bits per heavy atom. The molecule has 1 aliphatic heterocycles. The highest BCUT2D eigenvalue weighted by Gasteiger charge is 2.33. The fourth-order valence-electron chi connectivity index (χ4n) is 1.51. The summed E-state index contributed by atoms with van der Waals surface area (Å²) in [6, 6.07) is 0. The van der Waals surface area contributed by atoms with E-state index in [1.807, 2.05) is 0 Å². The molecule has 0 aromatic carbocycles. The summed E-state index contributed by atoms with van der Waals surface area (Å²) in [5.74, 6) is 1.57. The van der Waals surface area contributed by atoms with Crippen LogP contribution in [0.2, 0.25) is 0 Å². The predicted molar refractivity (Wildman–Crippen MR) is 43.0 cm³/mol. The van der Waals surface area contributed by atoms with Crippen LogP contribution >= 0.6 is 0 Å². The molecular formula is C9H18O. The third-order valence-electron chi connectivity index (χ3n) is 2.38. The van der Waals surface area contributed by atoms with Gasteiger partial charge < -0.3 is 4.74 Å². The molecule has 1 atom stereocenters. The van der Waals surface area contributed by atoms with E-state index in [0.29, 0.717) is 0 Å². The Hall–Kier alpha value is -0.0400. The Balaban J connectivity index is 2.43. The molecule has 60 valence electrons. The van der Waals surface area contributed by atoms with Crippen molar-refractivity contribution in [3.63, 3.8) is 0 Å². The minimum atomic E-state index is 0.148. The van der Waals surface area contributed by atoms with Gasteiger partial charge in [-0.15, -0.1) is 0 Å². The SMILES string of the molecule is CC(C)[C@H]1COC(C)(C)C1. The zero-order chi connectivity index (χ0) is 7.78. The van der Waals surface area contributed by atoms with E-state index in [2.05, 4.69) is 27.7 Å². The summed E-state index contributed by atoms with van der Waals surface area (Å²) in [4.78, 5) is 0. The Kier molecular flexibility index (Phi) is 2.04. The van der Waals surface area contributed by atoms with Crippen LogP contribution in [0.3, 0.4) is 0 Å². The Bertz CT molecular complexity index is 116. The Morgan fingerprint density at radius 2 is 2.00 bits per heavy atom. The molecule has 0 saturated carbocycles. The van der Waals surface area contributed by atoms with Gasteiger partial charge >= 0.3 is 0 Å². The molecule has 0 bridgehead atoms. The molecule has 0 aliphatic carbocycles. The van der Waals surface area contributed by atoms with Gasteiger partial charge in [-0.3, -0.25) is 0 Å². The monoisotopic (exact) mass is 142 g/mol. The molecule has 1 nitrogen and oxygen atoms in total. The maximum absolute atomic E-state index is 5.61. The van der Waals surface area contributed by atoms with Crippen molar-refractivity contribution in [2.45, 2.75) is 39.7 Å². The first-order chi connectivity index (χ1) is 4.51. The lowest BCUT2D eigenvalue weighted by Crippen LogP contribution is -2.17. The van der Waals surface area contributed by atoms with Crippen molar-refractivity contribution in [2.24, 2.45) is 11.8 Å². The van der Waals surface area contributed by atoms with Crippen molar-refractivity contribution in [3.05, 3.63) is 0 Å². The first kappa shape index (κ1) is 8.06. The van der Waals surface area contributed by atoms with Crippen LogP contribution in [0.4, 0.5) is 0 Å². The minimum Gasteiger partial charge on any atom is -0.375 e. The zero-order valence-electron chi connectivity index (χ0n) is 7.48. The molecule has 0 radical (unpaired) electrons. The molecule has 1 aliphatic rings. The molecule has 0 aromatic heterocycles. The fourth-order valence-corrected chi connectivity index (χ4v) is 1.51. The first-order valence-electron chi connectivity index (χ1n) is 4.15. The topological polar surface area (TPSA) is 9.23 Å². The number of hydrogen-bond acceptors (Lipinski definition) is 1. The second-order valence-corrected chi connectivity index (χ2v) is 4.28. The average molecular weight is 142 g/mol. The van der Waals surface area contributed by atoms with Crippen molar-refractivity contribution >= 4 is 0 Å². The number of rotatable bonds is 1. The Labute approximate surface area is 63.8 Å². The molecular weight excluding hydrogens is 124 g/mol. The van der Waals surface area contributed by atoms with E-state index in [9.17, 15) is 0 Å². The van der Waals surface area contributed by atoms with Gasteiger partial charge in [0.15, 0.2) is 0 Å². The molecule has 0 N–H and O–H groups in total. The van der Waals surface area contributed by atoms with Crippen molar-refractivity contribution in [2.75, 3.05) is 6.61 Å². The first-order valence-corrected chi connectivity index (χ1v) is 4.15. The average Bonchev–Trinajstić information content (AvgIpc) is 2.10. The second kappa shape index (κ2) is 2.54. The summed E-state index contributed by atoms with van der Waals surface area (Å²) >= 11 is 0. The van der Waals surface area contributed by atoms with Crippen LogP contribution in [-0.4, -0.2) is 12.2 Å². The van der Waals surface area contributed by atoms with E-state index in [-0.39, 0.29) is 5.60 Å². The highest BCUT2D eigenvalue weighted by molar-refractivity contribution is 4.82.